The number of aliphatic hydroxyl groups is 1. The zero-order chi connectivity index (χ0) is 15.3. The van der Waals surface area contributed by atoms with Gasteiger partial charge in [-0.2, -0.15) is 0 Å². The van der Waals surface area contributed by atoms with E-state index in [1.54, 1.807) is 12.1 Å². The fourth-order valence-electron chi connectivity index (χ4n) is 2.98. The third-order valence-corrected chi connectivity index (χ3v) is 5.10. The van der Waals surface area contributed by atoms with Gasteiger partial charge in [0.2, 0.25) is 0 Å². The highest BCUT2D eigenvalue weighted by atomic mass is 79.9. The van der Waals surface area contributed by atoms with Gasteiger partial charge in [0, 0.05) is 29.6 Å². The van der Waals surface area contributed by atoms with Crippen molar-refractivity contribution in [2.75, 3.05) is 13.2 Å². The first-order valence-corrected chi connectivity index (χ1v) is 8.19. The third-order valence-electron chi connectivity index (χ3n) is 4.37. The highest BCUT2D eigenvalue weighted by Gasteiger charge is 2.30. The molecule has 0 aromatic heterocycles. The Bertz CT molecular complexity index is 498. The van der Waals surface area contributed by atoms with Gasteiger partial charge in [0.15, 0.2) is 0 Å². The molecule has 2 rings (SSSR count). The molecule has 0 radical (unpaired) electrons. The van der Waals surface area contributed by atoms with Crippen molar-refractivity contribution in [3.05, 3.63) is 33.8 Å². The molecular formula is C16H22BrNO3. The fraction of sp³-hybridized carbons (Fsp3) is 0.562. The van der Waals surface area contributed by atoms with Crippen LogP contribution in [0.5, 0.6) is 0 Å². The third kappa shape index (κ3) is 4.28. The number of hydrogen-bond donors (Lipinski definition) is 3. The lowest BCUT2D eigenvalue weighted by molar-refractivity contribution is 0.0696. The van der Waals surface area contributed by atoms with Crippen LogP contribution < -0.4 is 5.32 Å². The number of carboxylic acids is 1. The first kappa shape index (κ1) is 16.5. The van der Waals surface area contributed by atoms with Crippen LogP contribution in [0.1, 0.15) is 48.0 Å². The summed E-state index contributed by atoms with van der Waals surface area (Å²) < 4.78 is 0.802. The number of benzene rings is 1. The largest absolute Gasteiger partial charge is 0.478 e. The molecule has 3 N–H and O–H groups in total. The number of nitrogens with one attached hydrogen (secondary N) is 1. The van der Waals surface area contributed by atoms with Gasteiger partial charge < -0.3 is 15.5 Å². The summed E-state index contributed by atoms with van der Waals surface area (Å²) in [6, 6.07) is 5.07. The van der Waals surface area contributed by atoms with Gasteiger partial charge in [-0.1, -0.05) is 41.3 Å². The van der Waals surface area contributed by atoms with Crippen LogP contribution in [0.25, 0.3) is 0 Å². The Labute approximate surface area is 133 Å². The Hall–Kier alpha value is -0.910. The maximum Gasteiger partial charge on any atom is 0.335 e. The summed E-state index contributed by atoms with van der Waals surface area (Å²) in [6.45, 7) is 1.71. The molecule has 116 valence electrons. The number of aliphatic hydroxyl groups excluding tert-OH is 1. The van der Waals surface area contributed by atoms with Crippen LogP contribution in [0, 0.1) is 5.41 Å². The lowest BCUT2D eigenvalue weighted by Gasteiger charge is -2.35. The van der Waals surface area contributed by atoms with Gasteiger partial charge in [0.1, 0.15) is 0 Å². The van der Waals surface area contributed by atoms with Gasteiger partial charge in [-0.15, -0.1) is 0 Å². The topological polar surface area (TPSA) is 69.6 Å². The lowest BCUT2D eigenvalue weighted by Crippen LogP contribution is -2.38. The van der Waals surface area contributed by atoms with E-state index in [1.165, 1.54) is 19.3 Å². The van der Waals surface area contributed by atoms with Crippen molar-refractivity contribution in [3.8, 4) is 0 Å². The predicted molar refractivity (Wildman–Crippen MR) is 85.4 cm³/mol. The van der Waals surface area contributed by atoms with E-state index in [4.69, 9.17) is 5.11 Å². The number of rotatable bonds is 6. The van der Waals surface area contributed by atoms with Crippen LogP contribution in [0.3, 0.4) is 0 Å². The smallest absolute Gasteiger partial charge is 0.335 e. The summed E-state index contributed by atoms with van der Waals surface area (Å²) in [5.41, 5.74) is 1.33. The standard InChI is InChI=1S/C16H22BrNO3/c17-14-8-12(15(20)21)4-5-13(14)9-18-10-16(11-19)6-2-1-3-7-16/h4-5,8,18-19H,1-3,6-7,9-11H2,(H,20,21). The molecule has 0 bridgehead atoms. The average molecular weight is 356 g/mol. The van der Waals surface area contributed by atoms with E-state index >= 15 is 0 Å². The Morgan fingerprint density at radius 2 is 2.00 bits per heavy atom. The van der Waals surface area contributed by atoms with Crippen LogP contribution in [0.2, 0.25) is 0 Å². The van der Waals surface area contributed by atoms with Crippen molar-refractivity contribution in [1.82, 2.24) is 5.32 Å². The molecule has 1 saturated carbocycles. The molecule has 0 amide bonds. The summed E-state index contributed by atoms with van der Waals surface area (Å²) in [5, 5.41) is 22.0. The molecule has 0 heterocycles. The zero-order valence-corrected chi connectivity index (χ0v) is 13.7. The fourth-order valence-corrected chi connectivity index (χ4v) is 3.50. The van der Waals surface area contributed by atoms with Crippen molar-refractivity contribution < 1.29 is 15.0 Å². The monoisotopic (exact) mass is 355 g/mol. The number of carboxylic acid groups (broad SMARTS) is 1. The molecule has 21 heavy (non-hydrogen) atoms. The second-order valence-corrected chi connectivity index (χ2v) is 6.79. The quantitative estimate of drug-likeness (QED) is 0.732. The summed E-state index contributed by atoms with van der Waals surface area (Å²) in [7, 11) is 0. The Balaban J connectivity index is 1.92. The van der Waals surface area contributed by atoms with E-state index < -0.39 is 5.97 Å². The van der Waals surface area contributed by atoms with Crippen molar-refractivity contribution in [2.24, 2.45) is 5.41 Å². The van der Waals surface area contributed by atoms with E-state index in [1.807, 2.05) is 6.07 Å². The van der Waals surface area contributed by atoms with Crippen LogP contribution in [0.4, 0.5) is 0 Å². The molecule has 5 heteroatoms. The lowest BCUT2D eigenvalue weighted by atomic mass is 9.74. The Morgan fingerprint density at radius 1 is 1.29 bits per heavy atom. The van der Waals surface area contributed by atoms with Gasteiger partial charge in [0.05, 0.1) is 5.56 Å². The van der Waals surface area contributed by atoms with Crippen molar-refractivity contribution in [2.45, 2.75) is 38.6 Å². The molecule has 1 aliphatic rings. The van der Waals surface area contributed by atoms with Gasteiger partial charge in [-0.3, -0.25) is 0 Å². The molecule has 0 unspecified atom stereocenters. The molecule has 0 aliphatic heterocycles. The van der Waals surface area contributed by atoms with E-state index in [0.717, 1.165) is 29.4 Å². The molecule has 0 spiro atoms. The average Bonchev–Trinajstić information content (AvgIpc) is 2.49. The minimum absolute atomic E-state index is 0.0196. The zero-order valence-electron chi connectivity index (χ0n) is 12.1. The van der Waals surface area contributed by atoms with Gasteiger partial charge >= 0.3 is 5.97 Å². The summed E-state index contributed by atoms with van der Waals surface area (Å²) in [5.74, 6) is -0.920. The van der Waals surface area contributed by atoms with Crippen molar-refractivity contribution in [3.63, 3.8) is 0 Å². The second kappa shape index (κ2) is 7.38. The normalized spacial score (nSPS) is 17.6. The molecule has 0 atom stereocenters. The van der Waals surface area contributed by atoms with Crippen molar-refractivity contribution >= 4 is 21.9 Å². The highest BCUT2D eigenvalue weighted by molar-refractivity contribution is 9.10. The minimum atomic E-state index is -0.920. The molecule has 1 aromatic carbocycles. The molecular weight excluding hydrogens is 334 g/mol. The van der Waals surface area contributed by atoms with Crippen LogP contribution >= 0.6 is 15.9 Å². The molecule has 4 nitrogen and oxygen atoms in total. The minimum Gasteiger partial charge on any atom is -0.478 e. The SMILES string of the molecule is O=C(O)c1ccc(CNCC2(CO)CCCCC2)c(Br)c1. The van der Waals surface area contributed by atoms with Gasteiger partial charge in [-0.25, -0.2) is 4.79 Å². The first-order valence-electron chi connectivity index (χ1n) is 7.40. The Morgan fingerprint density at radius 3 is 2.57 bits per heavy atom. The number of carbonyl (C=O) groups is 1. The van der Waals surface area contributed by atoms with Crippen LogP contribution in [-0.4, -0.2) is 29.3 Å². The summed E-state index contributed by atoms with van der Waals surface area (Å²) in [6.07, 6.45) is 5.81. The highest BCUT2D eigenvalue weighted by Crippen LogP contribution is 2.35. The number of halogens is 1. The maximum absolute atomic E-state index is 10.9. The molecule has 1 aromatic rings. The summed E-state index contributed by atoms with van der Waals surface area (Å²) >= 11 is 3.42. The second-order valence-electron chi connectivity index (χ2n) is 5.93. The number of aromatic carboxylic acids is 1. The van der Waals surface area contributed by atoms with E-state index in [0.29, 0.717) is 6.54 Å². The van der Waals surface area contributed by atoms with E-state index in [9.17, 15) is 9.90 Å². The first-order chi connectivity index (χ1) is 10.1. The number of hydrogen-bond acceptors (Lipinski definition) is 3. The van der Waals surface area contributed by atoms with Crippen LogP contribution in [-0.2, 0) is 6.54 Å². The maximum atomic E-state index is 10.9. The van der Waals surface area contributed by atoms with E-state index in [2.05, 4.69) is 21.2 Å². The summed E-state index contributed by atoms with van der Waals surface area (Å²) in [4.78, 5) is 10.9. The molecule has 0 saturated heterocycles. The van der Waals surface area contributed by atoms with Gasteiger partial charge in [0.25, 0.3) is 0 Å². The molecule has 1 aliphatic carbocycles. The van der Waals surface area contributed by atoms with Gasteiger partial charge in [-0.05, 0) is 30.5 Å². The van der Waals surface area contributed by atoms with Crippen molar-refractivity contribution in [1.29, 1.82) is 0 Å². The van der Waals surface area contributed by atoms with E-state index in [-0.39, 0.29) is 17.6 Å². The van der Waals surface area contributed by atoms with Crippen LogP contribution in [0.15, 0.2) is 22.7 Å². The molecule has 1 fully saturated rings. The Kier molecular flexibility index (Phi) is 5.79. The predicted octanol–water partition coefficient (Wildman–Crippen LogP) is 3.18.